The topological polar surface area (TPSA) is 49.4 Å². The Morgan fingerprint density at radius 3 is 2.52 bits per heavy atom. The first-order valence-corrected chi connectivity index (χ1v) is 7.31. The molecule has 0 aliphatic carbocycles. The van der Waals surface area contributed by atoms with E-state index < -0.39 is 18.8 Å². The summed E-state index contributed by atoms with van der Waals surface area (Å²) < 4.78 is 12.8. The van der Waals surface area contributed by atoms with Gasteiger partial charge in [0.25, 0.3) is 5.91 Å². The Labute approximate surface area is 124 Å². The fourth-order valence-corrected chi connectivity index (χ4v) is 2.73. The van der Waals surface area contributed by atoms with Crippen molar-refractivity contribution in [1.82, 2.24) is 10.2 Å². The molecule has 3 atom stereocenters. The van der Waals surface area contributed by atoms with Gasteiger partial charge in [-0.25, -0.2) is 4.39 Å². The highest BCUT2D eigenvalue weighted by Crippen LogP contribution is 2.26. The van der Waals surface area contributed by atoms with Crippen molar-refractivity contribution in [2.45, 2.75) is 32.4 Å². The van der Waals surface area contributed by atoms with Crippen LogP contribution in [0, 0.1) is 5.92 Å². The maximum absolute atomic E-state index is 12.8. The first-order chi connectivity index (χ1) is 10.1. The first-order valence-electron chi connectivity index (χ1n) is 7.31. The van der Waals surface area contributed by atoms with Gasteiger partial charge in [-0.3, -0.25) is 9.59 Å². The van der Waals surface area contributed by atoms with Gasteiger partial charge in [0.1, 0.15) is 18.8 Å². The molecule has 0 saturated carbocycles. The second-order valence-corrected chi connectivity index (χ2v) is 5.40. The maximum Gasteiger partial charge on any atom is 0.250 e. The van der Waals surface area contributed by atoms with Crippen molar-refractivity contribution in [3.8, 4) is 0 Å². The zero-order valence-electron chi connectivity index (χ0n) is 12.4. The minimum atomic E-state index is -0.717. The Morgan fingerprint density at radius 2 is 1.95 bits per heavy atom. The molecule has 3 unspecified atom stereocenters. The van der Waals surface area contributed by atoms with E-state index in [1.54, 1.807) is 12.1 Å². The highest BCUT2D eigenvalue weighted by Gasteiger charge is 2.42. The van der Waals surface area contributed by atoms with E-state index in [9.17, 15) is 14.0 Å². The van der Waals surface area contributed by atoms with E-state index in [1.807, 2.05) is 32.0 Å². The highest BCUT2D eigenvalue weighted by atomic mass is 19.1. The molecule has 0 radical (unpaired) electrons. The van der Waals surface area contributed by atoms with Gasteiger partial charge in [-0.15, -0.1) is 0 Å². The number of nitrogens with one attached hydrogen (secondary N) is 1. The molecular formula is C16H21FN2O2. The van der Waals surface area contributed by atoms with Crippen molar-refractivity contribution >= 4 is 11.8 Å². The van der Waals surface area contributed by atoms with Crippen LogP contribution in [0.15, 0.2) is 30.3 Å². The SMILES string of the molecule is CCC(C)C1C(=O)NC(c2ccccc2)C(=O)N1CCF. The van der Waals surface area contributed by atoms with E-state index in [0.29, 0.717) is 0 Å². The van der Waals surface area contributed by atoms with Gasteiger partial charge in [-0.1, -0.05) is 50.6 Å². The molecule has 1 aliphatic rings. The van der Waals surface area contributed by atoms with Gasteiger partial charge < -0.3 is 10.2 Å². The maximum atomic E-state index is 12.8. The molecule has 1 saturated heterocycles. The largest absolute Gasteiger partial charge is 0.339 e. The molecule has 1 heterocycles. The van der Waals surface area contributed by atoms with Crippen LogP contribution in [0.25, 0.3) is 0 Å². The predicted molar refractivity (Wildman–Crippen MR) is 78.3 cm³/mol. The minimum Gasteiger partial charge on any atom is -0.339 e. The number of halogens is 1. The quantitative estimate of drug-likeness (QED) is 0.903. The van der Waals surface area contributed by atoms with Gasteiger partial charge in [0.2, 0.25) is 5.91 Å². The van der Waals surface area contributed by atoms with Crippen molar-refractivity contribution < 1.29 is 14.0 Å². The molecule has 1 N–H and O–H groups in total. The molecule has 4 nitrogen and oxygen atoms in total. The van der Waals surface area contributed by atoms with Gasteiger partial charge in [-0.2, -0.15) is 0 Å². The molecule has 2 rings (SSSR count). The molecule has 21 heavy (non-hydrogen) atoms. The molecule has 0 aromatic heterocycles. The highest BCUT2D eigenvalue weighted by molar-refractivity contribution is 5.97. The van der Waals surface area contributed by atoms with Gasteiger partial charge >= 0.3 is 0 Å². The van der Waals surface area contributed by atoms with Gasteiger partial charge in [0.15, 0.2) is 0 Å². The fraction of sp³-hybridized carbons (Fsp3) is 0.500. The lowest BCUT2D eigenvalue weighted by atomic mass is 9.91. The van der Waals surface area contributed by atoms with Crippen molar-refractivity contribution in [2.24, 2.45) is 5.92 Å². The summed E-state index contributed by atoms with van der Waals surface area (Å²) >= 11 is 0. The van der Waals surface area contributed by atoms with Crippen LogP contribution in [0.5, 0.6) is 0 Å². The van der Waals surface area contributed by atoms with Crippen LogP contribution in [0.3, 0.4) is 0 Å². The van der Waals surface area contributed by atoms with Crippen molar-refractivity contribution in [2.75, 3.05) is 13.2 Å². The summed E-state index contributed by atoms with van der Waals surface area (Å²) in [5, 5.41) is 2.78. The number of hydrogen-bond acceptors (Lipinski definition) is 2. The molecule has 2 amide bonds. The van der Waals surface area contributed by atoms with Gasteiger partial charge in [-0.05, 0) is 11.5 Å². The number of carbonyl (C=O) groups excluding carboxylic acids is 2. The van der Waals surface area contributed by atoms with E-state index in [1.165, 1.54) is 4.90 Å². The van der Waals surface area contributed by atoms with Crippen LogP contribution in [0.2, 0.25) is 0 Å². The third kappa shape index (κ3) is 3.06. The lowest BCUT2D eigenvalue weighted by Crippen LogP contribution is -2.62. The first kappa shape index (κ1) is 15.5. The number of carbonyl (C=O) groups is 2. The van der Waals surface area contributed by atoms with Crippen molar-refractivity contribution in [1.29, 1.82) is 0 Å². The van der Waals surface area contributed by atoms with Crippen LogP contribution in [-0.2, 0) is 9.59 Å². The second-order valence-electron chi connectivity index (χ2n) is 5.40. The lowest BCUT2D eigenvalue weighted by molar-refractivity contribution is -0.151. The number of amides is 2. The number of hydrogen-bond donors (Lipinski definition) is 1. The summed E-state index contributed by atoms with van der Waals surface area (Å²) in [4.78, 5) is 26.4. The second kappa shape index (κ2) is 6.70. The number of piperazine rings is 1. The molecule has 1 aliphatic heterocycles. The Kier molecular flexibility index (Phi) is 4.94. The third-order valence-corrected chi connectivity index (χ3v) is 4.06. The molecule has 1 aromatic rings. The molecule has 0 bridgehead atoms. The summed E-state index contributed by atoms with van der Waals surface area (Å²) in [6.45, 7) is 3.18. The van der Waals surface area contributed by atoms with Crippen molar-refractivity contribution in [3.63, 3.8) is 0 Å². The Morgan fingerprint density at radius 1 is 1.29 bits per heavy atom. The fourth-order valence-electron chi connectivity index (χ4n) is 2.73. The summed E-state index contributed by atoms with van der Waals surface area (Å²) in [7, 11) is 0. The summed E-state index contributed by atoms with van der Waals surface area (Å²) in [5.41, 5.74) is 0.724. The monoisotopic (exact) mass is 292 g/mol. The Balaban J connectivity index is 2.31. The van der Waals surface area contributed by atoms with Crippen LogP contribution in [-0.4, -0.2) is 36.0 Å². The van der Waals surface area contributed by atoms with E-state index in [4.69, 9.17) is 0 Å². The predicted octanol–water partition coefficient (Wildman–Crippen LogP) is 2.07. The normalized spacial score (nSPS) is 23.9. The standard InChI is InChI=1S/C16H21FN2O2/c1-3-11(2)14-15(20)18-13(12-7-5-4-6-8-12)16(21)19(14)10-9-17/h4-8,11,13-14H,3,9-10H2,1-2H3,(H,18,20). The van der Waals surface area contributed by atoms with Gasteiger partial charge in [0.05, 0.1) is 0 Å². The third-order valence-electron chi connectivity index (χ3n) is 4.06. The van der Waals surface area contributed by atoms with Crippen LogP contribution in [0.1, 0.15) is 31.9 Å². The van der Waals surface area contributed by atoms with Crippen LogP contribution < -0.4 is 5.32 Å². The smallest absolute Gasteiger partial charge is 0.250 e. The number of nitrogens with zero attached hydrogens (tertiary/aromatic N) is 1. The van der Waals surface area contributed by atoms with E-state index in [-0.39, 0.29) is 24.3 Å². The summed E-state index contributed by atoms with van der Waals surface area (Å²) in [6.07, 6.45) is 0.754. The number of rotatable bonds is 5. The average Bonchev–Trinajstić information content (AvgIpc) is 2.51. The molecular weight excluding hydrogens is 271 g/mol. The number of alkyl halides is 1. The van der Waals surface area contributed by atoms with Crippen LogP contribution >= 0.6 is 0 Å². The van der Waals surface area contributed by atoms with Crippen LogP contribution in [0.4, 0.5) is 4.39 Å². The summed E-state index contributed by atoms with van der Waals surface area (Å²) in [5.74, 6) is -0.438. The van der Waals surface area contributed by atoms with Crippen molar-refractivity contribution in [3.05, 3.63) is 35.9 Å². The molecule has 114 valence electrons. The molecule has 5 heteroatoms. The molecule has 1 fully saturated rings. The van der Waals surface area contributed by atoms with E-state index >= 15 is 0 Å². The van der Waals surface area contributed by atoms with E-state index in [2.05, 4.69) is 5.32 Å². The summed E-state index contributed by atoms with van der Waals surface area (Å²) in [6, 6.07) is 7.76. The Bertz CT molecular complexity index is 506. The van der Waals surface area contributed by atoms with E-state index in [0.717, 1.165) is 12.0 Å². The number of benzene rings is 1. The zero-order chi connectivity index (χ0) is 15.4. The zero-order valence-corrected chi connectivity index (χ0v) is 12.4. The molecule has 1 aromatic carbocycles. The Hall–Kier alpha value is -1.91. The lowest BCUT2D eigenvalue weighted by Gasteiger charge is -2.41. The average molecular weight is 292 g/mol. The minimum absolute atomic E-state index is 0.00257. The van der Waals surface area contributed by atoms with Gasteiger partial charge in [0, 0.05) is 6.54 Å². The molecule has 0 spiro atoms.